The van der Waals surface area contributed by atoms with Crippen molar-refractivity contribution in [2.75, 3.05) is 0 Å². The molecule has 1 heterocycles. The molecule has 0 radical (unpaired) electrons. The molecule has 0 aliphatic heterocycles. The Morgan fingerprint density at radius 2 is 2.13 bits per heavy atom. The molecule has 0 amide bonds. The molecule has 2 rings (SSSR count). The highest BCUT2D eigenvalue weighted by atomic mass is 32.1. The summed E-state index contributed by atoms with van der Waals surface area (Å²) in [5, 5.41) is 5.84. The predicted octanol–water partition coefficient (Wildman–Crippen LogP) is 2.67. The minimum absolute atomic E-state index is 0.445. The number of thiophene rings is 1. The van der Waals surface area contributed by atoms with Gasteiger partial charge in [-0.25, -0.2) is 0 Å². The van der Waals surface area contributed by atoms with Gasteiger partial charge in [0.2, 0.25) is 0 Å². The van der Waals surface area contributed by atoms with E-state index in [1.165, 1.54) is 30.6 Å². The molecule has 0 bridgehead atoms. The third-order valence-corrected chi connectivity index (χ3v) is 4.28. The molecule has 15 heavy (non-hydrogen) atoms. The van der Waals surface area contributed by atoms with E-state index >= 15 is 0 Å². The molecule has 2 nitrogen and oxygen atoms in total. The van der Waals surface area contributed by atoms with Crippen molar-refractivity contribution in [3.8, 4) is 0 Å². The van der Waals surface area contributed by atoms with Crippen molar-refractivity contribution in [2.45, 2.75) is 50.7 Å². The SMILES string of the molecule is C[C@H](NC1CCC(N)CC1)c1cccs1. The van der Waals surface area contributed by atoms with Gasteiger partial charge in [0.1, 0.15) is 0 Å². The van der Waals surface area contributed by atoms with E-state index in [0.29, 0.717) is 18.1 Å². The molecule has 3 heteroatoms. The molecule has 0 aromatic carbocycles. The zero-order valence-electron chi connectivity index (χ0n) is 9.28. The van der Waals surface area contributed by atoms with Crippen molar-refractivity contribution in [3.63, 3.8) is 0 Å². The number of hydrogen-bond acceptors (Lipinski definition) is 3. The monoisotopic (exact) mass is 224 g/mol. The van der Waals surface area contributed by atoms with Crippen LogP contribution >= 0.6 is 11.3 Å². The quantitative estimate of drug-likeness (QED) is 0.828. The van der Waals surface area contributed by atoms with Crippen LogP contribution in [0.25, 0.3) is 0 Å². The Morgan fingerprint density at radius 3 is 2.73 bits per heavy atom. The Balaban J connectivity index is 1.82. The standard InChI is InChI=1S/C12H20N2S/c1-9(12-3-2-8-15-12)14-11-6-4-10(13)5-7-11/h2-3,8-11,14H,4-7,13H2,1H3/t9-,10?,11?/m0/s1. The lowest BCUT2D eigenvalue weighted by Gasteiger charge is -2.29. The molecule has 0 unspecified atom stereocenters. The lowest BCUT2D eigenvalue weighted by Crippen LogP contribution is -2.38. The van der Waals surface area contributed by atoms with Gasteiger partial charge in [-0.05, 0) is 44.1 Å². The van der Waals surface area contributed by atoms with Crippen molar-refractivity contribution >= 4 is 11.3 Å². The molecule has 1 atom stereocenters. The average molecular weight is 224 g/mol. The minimum Gasteiger partial charge on any atom is -0.328 e. The van der Waals surface area contributed by atoms with Gasteiger partial charge < -0.3 is 11.1 Å². The Kier molecular flexibility index (Phi) is 3.78. The Morgan fingerprint density at radius 1 is 1.40 bits per heavy atom. The molecular weight excluding hydrogens is 204 g/mol. The van der Waals surface area contributed by atoms with E-state index in [1.54, 1.807) is 0 Å². The minimum atomic E-state index is 0.445. The molecule has 1 aromatic rings. The summed E-state index contributed by atoms with van der Waals surface area (Å²) in [5.41, 5.74) is 5.90. The first-order valence-corrected chi connectivity index (χ1v) is 6.68. The first-order valence-electron chi connectivity index (χ1n) is 5.80. The van der Waals surface area contributed by atoms with Crippen molar-refractivity contribution in [3.05, 3.63) is 22.4 Å². The van der Waals surface area contributed by atoms with Gasteiger partial charge in [0.05, 0.1) is 0 Å². The van der Waals surface area contributed by atoms with Gasteiger partial charge in [-0.3, -0.25) is 0 Å². The van der Waals surface area contributed by atoms with Gasteiger partial charge in [-0.2, -0.15) is 0 Å². The molecular formula is C12H20N2S. The van der Waals surface area contributed by atoms with Gasteiger partial charge in [0.15, 0.2) is 0 Å². The molecule has 1 aliphatic rings. The van der Waals surface area contributed by atoms with Crippen LogP contribution in [-0.4, -0.2) is 12.1 Å². The highest BCUT2D eigenvalue weighted by molar-refractivity contribution is 7.10. The van der Waals surface area contributed by atoms with E-state index in [4.69, 9.17) is 5.73 Å². The van der Waals surface area contributed by atoms with Crippen LogP contribution in [-0.2, 0) is 0 Å². The molecule has 84 valence electrons. The van der Waals surface area contributed by atoms with Crippen LogP contribution in [0.3, 0.4) is 0 Å². The van der Waals surface area contributed by atoms with Crippen LogP contribution in [0.5, 0.6) is 0 Å². The van der Waals surface area contributed by atoms with Gasteiger partial charge in [-0.15, -0.1) is 11.3 Å². The topological polar surface area (TPSA) is 38.0 Å². The lowest BCUT2D eigenvalue weighted by molar-refractivity contribution is 0.323. The van der Waals surface area contributed by atoms with Gasteiger partial charge in [0.25, 0.3) is 0 Å². The van der Waals surface area contributed by atoms with Crippen LogP contribution in [0.2, 0.25) is 0 Å². The molecule has 0 spiro atoms. The maximum absolute atomic E-state index is 5.90. The largest absolute Gasteiger partial charge is 0.328 e. The van der Waals surface area contributed by atoms with Gasteiger partial charge in [0, 0.05) is 23.0 Å². The van der Waals surface area contributed by atoms with Crippen LogP contribution in [0.15, 0.2) is 17.5 Å². The molecule has 1 fully saturated rings. The normalized spacial score (nSPS) is 28.9. The van der Waals surface area contributed by atoms with E-state index in [-0.39, 0.29) is 0 Å². The first kappa shape index (κ1) is 11.1. The molecule has 0 saturated heterocycles. The van der Waals surface area contributed by atoms with Crippen molar-refractivity contribution in [1.29, 1.82) is 0 Å². The zero-order valence-corrected chi connectivity index (χ0v) is 10.1. The Hall–Kier alpha value is -0.380. The summed E-state index contributed by atoms with van der Waals surface area (Å²) < 4.78 is 0. The predicted molar refractivity (Wildman–Crippen MR) is 66.1 cm³/mol. The molecule has 1 aliphatic carbocycles. The smallest absolute Gasteiger partial charge is 0.0388 e. The highest BCUT2D eigenvalue weighted by Gasteiger charge is 2.20. The second-order valence-corrected chi connectivity index (χ2v) is 5.49. The summed E-state index contributed by atoms with van der Waals surface area (Å²) in [6, 6.07) is 5.93. The third-order valence-electron chi connectivity index (χ3n) is 3.23. The second kappa shape index (κ2) is 5.10. The maximum Gasteiger partial charge on any atom is 0.0388 e. The molecule has 1 saturated carbocycles. The summed E-state index contributed by atoms with van der Waals surface area (Å²) in [5.74, 6) is 0. The zero-order chi connectivity index (χ0) is 10.7. The van der Waals surface area contributed by atoms with Crippen molar-refractivity contribution in [1.82, 2.24) is 5.32 Å². The summed E-state index contributed by atoms with van der Waals surface area (Å²) in [7, 11) is 0. The van der Waals surface area contributed by atoms with Crippen molar-refractivity contribution < 1.29 is 0 Å². The Labute approximate surface area is 95.9 Å². The summed E-state index contributed by atoms with van der Waals surface area (Å²) in [6.45, 7) is 2.25. The first-order chi connectivity index (χ1) is 7.25. The van der Waals surface area contributed by atoms with Gasteiger partial charge in [-0.1, -0.05) is 6.07 Å². The van der Waals surface area contributed by atoms with E-state index in [1.807, 2.05) is 11.3 Å². The fourth-order valence-corrected chi connectivity index (χ4v) is 3.00. The summed E-state index contributed by atoms with van der Waals surface area (Å²) in [6.07, 6.45) is 4.82. The van der Waals surface area contributed by atoms with E-state index in [9.17, 15) is 0 Å². The lowest BCUT2D eigenvalue weighted by atomic mass is 9.91. The fraction of sp³-hybridized carbons (Fsp3) is 0.667. The maximum atomic E-state index is 5.90. The summed E-state index contributed by atoms with van der Waals surface area (Å²) >= 11 is 1.83. The average Bonchev–Trinajstić information content (AvgIpc) is 2.74. The van der Waals surface area contributed by atoms with Crippen LogP contribution in [0.1, 0.15) is 43.5 Å². The number of rotatable bonds is 3. The van der Waals surface area contributed by atoms with Crippen LogP contribution in [0, 0.1) is 0 Å². The van der Waals surface area contributed by atoms with Gasteiger partial charge >= 0.3 is 0 Å². The number of hydrogen-bond donors (Lipinski definition) is 2. The molecule has 3 N–H and O–H groups in total. The number of nitrogens with two attached hydrogens (primary N) is 1. The van der Waals surface area contributed by atoms with Crippen LogP contribution < -0.4 is 11.1 Å². The fourth-order valence-electron chi connectivity index (χ4n) is 2.26. The van der Waals surface area contributed by atoms with Crippen molar-refractivity contribution in [2.24, 2.45) is 5.73 Å². The highest BCUT2D eigenvalue weighted by Crippen LogP contribution is 2.23. The van der Waals surface area contributed by atoms with E-state index in [0.717, 1.165) is 0 Å². The Bertz CT molecular complexity index is 276. The van der Waals surface area contributed by atoms with Crippen LogP contribution in [0.4, 0.5) is 0 Å². The number of nitrogens with one attached hydrogen (secondary N) is 1. The van der Waals surface area contributed by atoms with E-state index in [2.05, 4.69) is 29.8 Å². The third kappa shape index (κ3) is 3.03. The molecule has 1 aromatic heterocycles. The second-order valence-electron chi connectivity index (χ2n) is 4.52. The van der Waals surface area contributed by atoms with E-state index < -0.39 is 0 Å². The summed E-state index contributed by atoms with van der Waals surface area (Å²) in [4.78, 5) is 1.44.